The van der Waals surface area contributed by atoms with Gasteiger partial charge in [-0.05, 0) is 55.2 Å². The standard InChI is InChI=1S/C29H28N4O4/c1-16-8-7-9-18(14-16)25-23-26(31(2)29(36)32(3)28(23)35)27-24(17-12-13-21(34)22(15-17)37-4)30-19-10-5-6-11-20(19)33(25)27/h5,7-10,12-15,24,30,34H,6,11H2,1-4H3. The first-order chi connectivity index (χ1) is 17.8. The Hall–Kier alpha value is -4.46. The summed E-state index contributed by atoms with van der Waals surface area (Å²) in [7, 11) is 4.75. The number of hydrogen-bond donors (Lipinski definition) is 2. The van der Waals surface area contributed by atoms with Crippen LogP contribution in [0.25, 0.3) is 27.9 Å². The molecule has 0 fully saturated rings. The number of aromatic nitrogens is 3. The van der Waals surface area contributed by atoms with E-state index >= 15 is 0 Å². The van der Waals surface area contributed by atoms with Crippen LogP contribution in [0.5, 0.6) is 11.5 Å². The van der Waals surface area contributed by atoms with Crippen LogP contribution in [0.4, 0.5) is 0 Å². The quantitative estimate of drug-likeness (QED) is 0.449. The van der Waals surface area contributed by atoms with E-state index in [1.54, 1.807) is 23.7 Å². The van der Waals surface area contributed by atoms with Gasteiger partial charge in [-0.3, -0.25) is 13.9 Å². The summed E-state index contributed by atoms with van der Waals surface area (Å²) in [5, 5.41) is 14.4. The first-order valence-corrected chi connectivity index (χ1v) is 12.3. The van der Waals surface area contributed by atoms with E-state index in [1.807, 2.05) is 31.2 Å². The lowest BCUT2D eigenvalue weighted by molar-refractivity contribution is 0.372. The third-order valence-corrected chi connectivity index (χ3v) is 7.42. The lowest BCUT2D eigenvalue weighted by atomic mass is 9.96. The number of methoxy groups -OCH3 is 1. The van der Waals surface area contributed by atoms with E-state index < -0.39 is 6.04 Å². The van der Waals surface area contributed by atoms with Crippen LogP contribution >= 0.6 is 0 Å². The number of nitrogens with zero attached hydrogens (tertiary/aromatic N) is 3. The number of aromatic hydroxyl groups is 1. The molecule has 0 saturated carbocycles. The summed E-state index contributed by atoms with van der Waals surface area (Å²) in [4.78, 5) is 27.0. The van der Waals surface area contributed by atoms with Crippen LogP contribution in [-0.4, -0.2) is 25.9 Å². The summed E-state index contributed by atoms with van der Waals surface area (Å²) >= 11 is 0. The molecular weight excluding hydrogens is 468 g/mol. The maximum absolute atomic E-state index is 13.8. The fourth-order valence-electron chi connectivity index (χ4n) is 5.66. The number of aryl methyl sites for hydroxylation is 2. The second kappa shape index (κ2) is 8.30. The molecule has 1 aliphatic carbocycles. The average molecular weight is 497 g/mol. The molecule has 188 valence electrons. The van der Waals surface area contributed by atoms with E-state index in [0.29, 0.717) is 16.7 Å². The first kappa shape index (κ1) is 23.0. The third-order valence-electron chi connectivity index (χ3n) is 7.42. The van der Waals surface area contributed by atoms with Gasteiger partial charge in [-0.1, -0.05) is 35.9 Å². The van der Waals surface area contributed by atoms with E-state index in [4.69, 9.17) is 4.74 Å². The van der Waals surface area contributed by atoms with Gasteiger partial charge in [-0.25, -0.2) is 4.79 Å². The van der Waals surface area contributed by atoms with Crippen LogP contribution in [0, 0.1) is 6.92 Å². The lowest BCUT2D eigenvalue weighted by Crippen LogP contribution is -2.37. The number of allylic oxidation sites excluding steroid dienone is 3. The maximum atomic E-state index is 13.8. The van der Waals surface area contributed by atoms with Gasteiger partial charge in [0.25, 0.3) is 5.56 Å². The molecule has 2 aromatic heterocycles. The molecule has 4 aromatic rings. The van der Waals surface area contributed by atoms with Gasteiger partial charge in [0.1, 0.15) is 0 Å². The molecule has 2 aromatic carbocycles. The van der Waals surface area contributed by atoms with Crippen LogP contribution < -0.4 is 21.3 Å². The SMILES string of the molecule is COc1cc(C2NC3=C(CCC=C3)n3c(-c4cccc(C)c4)c4c(=O)n(C)c(=O)n(C)c4c32)ccc1O. The fourth-order valence-corrected chi connectivity index (χ4v) is 5.66. The number of fused-ring (bicyclic) bond motifs is 4. The Balaban J connectivity index is 1.82. The molecule has 1 unspecified atom stereocenters. The largest absolute Gasteiger partial charge is 0.504 e. The maximum Gasteiger partial charge on any atom is 0.331 e. The monoisotopic (exact) mass is 496 g/mol. The van der Waals surface area contributed by atoms with Crippen molar-refractivity contribution in [3.05, 3.63) is 98.0 Å². The van der Waals surface area contributed by atoms with Crippen molar-refractivity contribution in [1.29, 1.82) is 0 Å². The summed E-state index contributed by atoms with van der Waals surface area (Å²) in [6.45, 7) is 2.03. The number of phenols is 1. The molecule has 2 N–H and O–H groups in total. The Labute approximate surface area is 213 Å². The van der Waals surface area contributed by atoms with Gasteiger partial charge in [-0.2, -0.15) is 0 Å². The fraction of sp³-hybridized carbons (Fsp3) is 0.241. The second-order valence-corrected chi connectivity index (χ2v) is 9.68. The van der Waals surface area contributed by atoms with Crippen LogP contribution in [0.1, 0.15) is 35.7 Å². The Bertz CT molecular complexity index is 1780. The normalized spacial score (nSPS) is 16.5. The smallest absolute Gasteiger partial charge is 0.331 e. The molecule has 8 nitrogen and oxygen atoms in total. The number of benzene rings is 2. The number of ether oxygens (including phenoxy) is 1. The predicted octanol–water partition coefficient (Wildman–Crippen LogP) is 3.94. The van der Waals surface area contributed by atoms with Crippen molar-refractivity contribution < 1.29 is 9.84 Å². The van der Waals surface area contributed by atoms with Gasteiger partial charge in [0.15, 0.2) is 11.5 Å². The zero-order valence-electron chi connectivity index (χ0n) is 21.2. The third kappa shape index (κ3) is 3.28. The topological polar surface area (TPSA) is 90.4 Å². The number of nitrogens with one attached hydrogen (secondary N) is 1. The second-order valence-electron chi connectivity index (χ2n) is 9.68. The molecule has 1 aliphatic heterocycles. The van der Waals surface area contributed by atoms with E-state index in [-0.39, 0.29) is 17.0 Å². The molecule has 37 heavy (non-hydrogen) atoms. The van der Waals surface area contributed by atoms with Crippen molar-refractivity contribution >= 4 is 16.6 Å². The van der Waals surface area contributed by atoms with Gasteiger partial charge < -0.3 is 19.7 Å². The number of phenolic OH excluding ortho intramolecular Hbond substituents is 1. The molecular formula is C29H28N4O4. The Morgan fingerprint density at radius 3 is 2.65 bits per heavy atom. The minimum absolute atomic E-state index is 0.0430. The summed E-state index contributed by atoms with van der Waals surface area (Å²) in [5.74, 6) is 0.394. The molecule has 8 heteroatoms. The highest BCUT2D eigenvalue weighted by molar-refractivity contribution is 5.99. The van der Waals surface area contributed by atoms with E-state index in [9.17, 15) is 14.7 Å². The summed E-state index contributed by atoms with van der Waals surface area (Å²) in [6, 6.07) is 12.9. The van der Waals surface area contributed by atoms with Crippen LogP contribution in [0.15, 0.2) is 69.9 Å². The predicted molar refractivity (Wildman–Crippen MR) is 144 cm³/mol. The summed E-state index contributed by atoms with van der Waals surface area (Å²) < 4.78 is 10.3. The van der Waals surface area contributed by atoms with Crippen molar-refractivity contribution in [3.63, 3.8) is 0 Å². The first-order valence-electron chi connectivity index (χ1n) is 12.3. The van der Waals surface area contributed by atoms with Crippen molar-refractivity contribution in [3.8, 4) is 22.8 Å². The highest BCUT2D eigenvalue weighted by Crippen LogP contribution is 2.45. The van der Waals surface area contributed by atoms with Crippen LogP contribution in [-0.2, 0) is 14.1 Å². The Morgan fingerprint density at radius 1 is 1.08 bits per heavy atom. The van der Waals surface area contributed by atoms with Crippen molar-refractivity contribution in [2.75, 3.05) is 7.11 Å². The highest BCUT2D eigenvalue weighted by Gasteiger charge is 2.36. The number of hydrogen-bond acceptors (Lipinski definition) is 5. The minimum atomic E-state index is -0.408. The van der Waals surface area contributed by atoms with Crippen LogP contribution in [0.3, 0.4) is 0 Å². The molecule has 3 heterocycles. The molecule has 6 rings (SSSR count). The highest BCUT2D eigenvalue weighted by atomic mass is 16.5. The van der Waals surface area contributed by atoms with E-state index in [1.165, 1.54) is 18.7 Å². The van der Waals surface area contributed by atoms with Crippen molar-refractivity contribution in [2.24, 2.45) is 14.1 Å². The lowest BCUT2D eigenvalue weighted by Gasteiger charge is -2.34. The average Bonchev–Trinajstić information content (AvgIpc) is 3.27. The summed E-state index contributed by atoms with van der Waals surface area (Å²) in [6.07, 6.45) is 5.87. The molecule has 0 radical (unpaired) electrons. The van der Waals surface area contributed by atoms with Gasteiger partial charge >= 0.3 is 5.69 Å². The van der Waals surface area contributed by atoms with Crippen molar-refractivity contribution in [2.45, 2.75) is 25.8 Å². The molecule has 0 saturated heterocycles. The molecule has 1 atom stereocenters. The van der Waals surface area contributed by atoms with Crippen molar-refractivity contribution in [1.82, 2.24) is 19.0 Å². The Morgan fingerprint density at radius 2 is 1.89 bits per heavy atom. The van der Waals surface area contributed by atoms with Gasteiger partial charge in [0.2, 0.25) is 0 Å². The van der Waals surface area contributed by atoms with E-state index in [2.05, 4.69) is 28.1 Å². The summed E-state index contributed by atoms with van der Waals surface area (Å²) in [5.41, 5.74) is 6.33. The molecule has 2 aliphatic rings. The van der Waals surface area contributed by atoms with Gasteiger partial charge in [0.05, 0.1) is 41.1 Å². The molecule has 0 amide bonds. The Kier molecular flexibility index (Phi) is 5.15. The van der Waals surface area contributed by atoms with Gasteiger partial charge in [-0.15, -0.1) is 0 Å². The zero-order valence-corrected chi connectivity index (χ0v) is 21.2. The minimum Gasteiger partial charge on any atom is -0.504 e. The molecule has 0 bridgehead atoms. The van der Waals surface area contributed by atoms with E-state index in [0.717, 1.165) is 52.3 Å². The zero-order chi connectivity index (χ0) is 26.0. The van der Waals surface area contributed by atoms with Gasteiger partial charge in [0, 0.05) is 19.8 Å². The molecule has 0 spiro atoms. The number of rotatable bonds is 3. The van der Waals surface area contributed by atoms with Crippen LogP contribution in [0.2, 0.25) is 0 Å².